The first-order valence-electron chi connectivity index (χ1n) is 7.97. The van der Waals surface area contributed by atoms with Crippen molar-refractivity contribution < 1.29 is 14.7 Å². The highest BCUT2D eigenvalue weighted by atomic mass is 16.4. The molecule has 2 fully saturated rings. The molecule has 21 heavy (non-hydrogen) atoms. The predicted octanol–water partition coefficient (Wildman–Crippen LogP) is 1.22. The number of amides is 2. The maximum atomic E-state index is 12.1. The Morgan fingerprint density at radius 3 is 2.62 bits per heavy atom. The zero-order chi connectivity index (χ0) is 15.4. The third-order valence-corrected chi connectivity index (χ3v) is 4.65. The summed E-state index contributed by atoms with van der Waals surface area (Å²) in [6, 6.07) is 0.452. The van der Waals surface area contributed by atoms with E-state index >= 15 is 0 Å². The first kappa shape index (κ1) is 16.1. The van der Waals surface area contributed by atoms with Crippen molar-refractivity contribution in [3.63, 3.8) is 0 Å². The van der Waals surface area contributed by atoms with Crippen LogP contribution >= 0.6 is 0 Å². The molecule has 2 atom stereocenters. The van der Waals surface area contributed by atoms with Gasteiger partial charge in [-0.1, -0.05) is 0 Å². The van der Waals surface area contributed by atoms with Crippen molar-refractivity contribution in [1.29, 1.82) is 0 Å². The molecule has 0 aromatic carbocycles. The molecule has 0 spiro atoms. The Morgan fingerprint density at radius 1 is 1.24 bits per heavy atom. The molecule has 2 amide bonds. The fourth-order valence-corrected chi connectivity index (χ4v) is 3.20. The van der Waals surface area contributed by atoms with Crippen molar-refractivity contribution in [2.24, 2.45) is 11.8 Å². The maximum absolute atomic E-state index is 12.1. The topological polar surface area (TPSA) is 72.9 Å². The van der Waals surface area contributed by atoms with Crippen molar-refractivity contribution in [1.82, 2.24) is 15.1 Å². The van der Waals surface area contributed by atoms with Crippen LogP contribution in [-0.4, -0.2) is 65.7 Å². The zero-order valence-electron chi connectivity index (χ0n) is 13.0. The molecular formula is C15H27N3O3. The second-order valence-electron chi connectivity index (χ2n) is 6.55. The van der Waals surface area contributed by atoms with Crippen LogP contribution in [0.4, 0.5) is 4.79 Å². The summed E-state index contributed by atoms with van der Waals surface area (Å²) in [4.78, 5) is 27.3. The number of rotatable bonds is 4. The molecule has 2 rings (SSSR count). The smallest absolute Gasteiger partial charge is 0.317 e. The molecule has 0 aromatic rings. The van der Waals surface area contributed by atoms with Crippen LogP contribution in [0, 0.1) is 11.8 Å². The molecule has 0 aliphatic carbocycles. The van der Waals surface area contributed by atoms with E-state index in [1.807, 2.05) is 0 Å². The van der Waals surface area contributed by atoms with Gasteiger partial charge in [0.25, 0.3) is 0 Å². The van der Waals surface area contributed by atoms with E-state index in [1.54, 1.807) is 4.90 Å². The van der Waals surface area contributed by atoms with Gasteiger partial charge in [0.1, 0.15) is 0 Å². The average molecular weight is 297 g/mol. The minimum absolute atomic E-state index is 0.107. The molecular weight excluding hydrogens is 270 g/mol. The summed E-state index contributed by atoms with van der Waals surface area (Å²) in [5.41, 5.74) is 0. The van der Waals surface area contributed by atoms with Crippen molar-refractivity contribution in [3.05, 3.63) is 0 Å². The molecule has 2 heterocycles. The summed E-state index contributed by atoms with van der Waals surface area (Å²) < 4.78 is 0. The lowest BCUT2D eigenvalue weighted by Gasteiger charge is -2.31. The highest BCUT2D eigenvalue weighted by molar-refractivity contribution is 5.76. The van der Waals surface area contributed by atoms with Crippen LogP contribution < -0.4 is 5.32 Å². The van der Waals surface area contributed by atoms with E-state index < -0.39 is 11.9 Å². The van der Waals surface area contributed by atoms with Gasteiger partial charge in [-0.05, 0) is 45.6 Å². The zero-order valence-corrected chi connectivity index (χ0v) is 13.0. The van der Waals surface area contributed by atoms with Crippen LogP contribution in [-0.2, 0) is 4.79 Å². The number of carbonyl (C=O) groups is 2. The van der Waals surface area contributed by atoms with E-state index in [4.69, 9.17) is 5.11 Å². The van der Waals surface area contributed by atoms with Crippen LogP contribution in [0.2, 0.25) is 0 Å². The van der Waals surface area contributed by atoms with Crippen LogP contribution in [0.5, 0.6) is 0 Å². The minimum atomic E-state index is -0.795. The highest BCUT2D eigenvalue weighted by Crippen LogP contribution is 2.19. The Kier molecular flexibility index (Phi) is 5.45. The van der Waals surface area contributed by atoms with Gasteiger partial charge < -0.3 is 20.2 Å². The van der Waals surface area contributed by atoms with E-state index in [1.165, 1.54) is 0 Å². The standard InChI is InChI=1S/C15H27N3O3/c1-11(2)17-7-5-12(9-17)8-16-15(21)18-6-3-4-13(10-18)14(19)20/h11-13H,3-10H2,1-2H3,(H,16,21)(H,19,20)/t12?,13-/m0/s1. The van der Waals surface area contributed by atoms with Crippen LogP contribution in [0.25, 0.3) is 0 Å². The fraction of sp³-hybridized carbons (Fsp3) is 0.867. The molecule has 0 radical (unpaired) electrons. The number of hydrogen-bond acceptors (Lipinski definition) is 3. The Morgan fingerprint density at radius 2 is 2.00 bits per heavy atom. The van der Waals surface area contributed by atoms with Gasteiger partial charge in [0.05, 0.1) is 5.92 Å². The van der Waals surface area contributed by atoms with E-state index in [9.17, 15) is 9.59 Å². The number of urea groups is 1. The van der Waals surface area contributed by atoms with E-state index in [2.05, 4.69) is 24.1 Å². The summed E-state index contributed by atoms with van der Waals surface area (Å²) in [5, 5.41) is 12.0. The highest BCUT2D eigenvalue weighted by Gasteiger charge is 2.29. The number of nitrogens with one attached hydrogen (secondary N) is 1. The molecule has 120 valence electrons. The van der Waals surface area contributed by atoms with Crippen LogP contribution in [0.1, 0.15) is 33.1 Å². The number of hydrogen-bond donors (Lipinski definition) is 2. The van der Waals surface area contributed by atoms with Crippen molar-refractivity contribution >= 4 is 12.0 Å². The lowest BCUT2D eigenvalue weighted by atomic mass is 9.99. The number of carboxylic acids is 1. The Balaban J connectivity index is 1.73. The number of nitrogens with zero attached hydrogens (tertiary/aromatic N) is 2. The van der Waals surface area contributed by atoms with Crippen molar-refractivity contribution in [3.8, 4) is 0 Å². The minimum Gasteiger partial charge on any atom is -0.481 e. The molecule has 2 aliphatic rings. The molecule has 6 heteroatoms. The van der Waals surface area contributed by atoms with Gasteiger partial charge in [0, 0.05) is 32.2 Å². The normalized spacial score (nSPS) is 27.1. The monoisotopic (exact) mass is 297 g/mol. The Bertz CT molecular complexity index is 386. The number of piperidine rings is 1. The van der Waals surface area contributed by atoms with E-state index in [-0.39, 0.29) is 6.03 Å². The summed E-state index contributed by atoms with van der Waals surface area (Å²) in [6.45, 7) is 8.22. The molecule has 1 unspecified atom stereocenters. The second-order valence-corrected chi connectivity index (χ2v) is 6.55. The third-order valence-electron chi connectivity index (χ3n) is 4.65. The van der Waals surface area contributed by atoms with Crippen molar-refractivity contribution in [2.45, 2.75) is 39.2 Å². The first-order chi connectivity index (χ1) is 9.97. The molecule has 2 aliphatic heterocycles. The molecule has 0 aromatic heterocycles. The fourth-order valence-electron chi connectivity index (χ4n) is 3.20. The number of carboxylic acid groups (broad SMARTS) is 1. The van der Waals surface area contributed by atoms with Crippen LogP contribution in [0.3, 0.4) is 0 Å². The second kappa shape index (κ2) is 7.11. The summed E-state index contributed by atoms with van der Waals surface area (Å²) in [5.74, 6) is -0.695. The van der Waals surface area contributed by atoms with Gasteiger partial charge in [0.2, 0.25) is 0 Å². The first-order valence-corrected chi connectivity index (χ1v) is 7.97. The molecule has 0 saturated carbocycles. The summed E-state index contributed by atoms with van der Waals surface area (Å²) in [6.07, 6.45) is 2.57. The lowest BCUT2D eigenvalue weighted by molar-refractivity contribution is -0.143. The quantitative estimate of drug-likeness (QED) is 0.818. The number of carbonyl (C=O) groups excluding carboxylic acids is 1. The maximum Gasteiger partial charge on any atom is 0.317 e. The Labute approximate surface area is 126 Å². The number of likely N-dealkylation sites (tertiary alicyclic amines) is 2. The van der Waals surface area contributed by atoms with Crippen LogP contribution in [0.15, 0.2) is 0 Å². The van der Waals surface area contributed by atoms with Gasteiger partial charge in [-0.3, -0.25) is 4.79 Å². The van der Waals surface area contributed by atoms with E-state index in [0.29, 0.717) is 38.0 Å². The van der Waals surface area contributed by atoms with Gasteiger partial charge in [0.15, 0.2) is 0 Å². The largest absolute Gasteiger partial charge is 0.481 e. The number of aliphatic carboxylic acids is 1. The summed E-state index contributed by atoms with van der Waals surface area (Å²) >= 11 is 0. The molecule has 2 saturated heterocycles. The van der Waals surface area contributed by atoms with Gasteiger partial charge >= 0.3 is 12.0 Å². The van der Waals surface area contributed by atoms with Crippen molar-refractivity contribution in [2.75, 3.05) is 32.7 Å². The van der Waals surface area contributed by atoms with Gasteiger partial charge in [-0.15, -0.1) is 0 Å². The molecule has 6 nitrogen and oxygen atoms in total. The van der Waals surface area contributed by atoms with Gasteiger partial charge in [-0.2, -0.15) is 0 Å². The van der Waals surface area contributed by atoms with E-state index in [0.717, 1.165) is 25.9 Å². The Hall–Kier alpha value is -1.30. The predicted molar refractivity (Wildman–Crippen MR) is 80.1 cm³/mol. The van der Waals surface area contributed by atoms with Gasteiger partial charge in [-0.25, -0.2) is 4.79 Å². The third kappa shape index (κ3) is 4.33. The average Bonchev–Trinajstić information content (AvgIpc) is 2.94. The molecule has 0 bridgehead atoms. The summed E-state index contributed by atoms with van der Waals surface area (Å²) in [7, 11) is 0. The SMILES string of the molecule is CC(C)N1CCC(CNC(=O)N2CCC[C@H](C(=O)O)C2)C1. The molecule has 2 N–H and O–H groups in total. The lowest BCUT2D eigenvalue weighted by Crippen LogP contribution is -2.48.